The SMILES string of the molecule is CNCc1ccc(F)c(F)c1Br. The van der Waals surface area contributed by atoms with Crippen molar-refractivity contribution in [2.24, 2.45) is 0 Å². The van der Waals surface area contributed by atoms with E-state index in [0.29, 0.717) is 12.1 Å². The van der Waals surface area contributed by atoms with Crippen molar-refractivity contribution in [1.82, 2.24) is 5.32 Å². The van der Waals surface area contributed by atoms with E-state index in [-0.39, 0.29) is 4.47 Å². The Bertz CT molecular complexity index is 289. The van der Waals surface area contributed by atoms with E-state index in [0.717, 1.165) is 6.07 Å². The molecule has 12 heavy (non-hydrogen) atoms. The average Bonchev–Trinajstić information content (AvgIpc) is 2.07. The van der Waals surface area contributed by atoms with E-state index in [2.05, 4.69) is 21.2 Å². The molecule has 1 N–H and O–H groups in total. The molecular weight excluding hydrogens is 228 g/mol. The van der Waals surface area contributed by atoms with Crippen LogP contribution in [0, 0.1) is 11.6 Å². The number of rotatable bonds is 2. The fourth-order valence-corrected chi connectivity index (χ4v) is 1.35. The number of hydrogen-bond donors (Lipinski definition) is 1. The largest absolute Gasteiger partial charge is 0.316 e. The van der Waals surface area contributed by atoms with Gasteiger partial charge in [0.05, 0.1) is 4.47 Å². The van der Waals surface area contributed by atoms with E-state index in [1.807, 2.05) is 0 Å². The normalized spacial score (nSPS) is 10.3. The first-order valence-electron chi connectivity index (χ1n) is 3.43. The summed E-state index contributed by atoms with van der Waals surface area (Å²) >= 11 is 2.98. The van der Waals surface area contributed by atoms with Crippen LogP contribution in [0.2, 0.25) is 0 Å². The highest BCUT2D eigenvalue weighted by Crippen LogP contribution is 2.22. The number of benzene rings is 1. The van der Waals surface area contributed by atoms with Crippen molar-refractivity contribution in [2.45, 2.75) is 6.54 Å². The van der Waals surface area contributed by atoms with Crippen LogP contribution in [0.15, 0.2) is 16.6 Å². The van der Waals surface area contributed by atoms with Gasteiger partial charge in [0.1, 0.15) is 0 Å². The van der Waals surface area contributed by atoms with E-state index in [1.54, 1.807) is 13.1 Å². The van der Waals surface area contributed by atoms with Gasteiger partial charge in [-0.3, -0.25) is 0 Å². The molecule has 1 nitrogen and oxygen atoms in total. The summed E-state index contributed by atoms with van der Waals surface area (Å²) in [6, 6.07) is 2.66. The van der Waals surface area contributed by atoms with Gasteiger partial charge in [0.25, 0.3) is 0 Å². The second-order valence-corrected chi connectivity index (χ2v) is 3.16. The molecule has 66 valence electrons. The standard InChI is InChI=1S/C8H8BrF2N/c1-12-4-5-2-3-6(10)8(11)7(5)9/h2-3,12H,4H2,1H3. The molecule has 1 rings (SSSR count). The lowest BCUT2D eigenvalue weighted by molar-refractivity contribution is 0.501. The first kappa shape index (κ1) is 9.61. The third-order valence-electron chi connectivity index (χ3n) is 1.48. The smallest absolute Gasteiger partial charge is 0.173 e. The summed E-state index contributed by atoms with van der Waals surface area (Å²) in [5.74, 6) is -1.66. The van der Waals surface area contributed by atoms with Gasteiger partial charge in [0.2, 0.25) is 0 Å². The van der Waals surface area contributed by atoms with Crippen LogP contribution < -0.4 is 5.32 Å². The summed E-state index contributed by atoms with van der Waals surface area (Å²) in [6.45, 7) is 0.512. The van der Waals surface area contributed by atoms with Crippen LogP contribution in [0.1, 0.15) is 5.56 Å². The molecule has 0 saturated heterocycles. The van der Waals surface area contributed by atoms with Crippen LogP contribution in [-0.2, 0) is 6.54 Å². The lowest BCUT2D eigenvalue weighted by Crippen LogP contribution is -2.06. The summed E-state index contributed by atoms with van der Waals surface area (Å²) < 4.78 is 25.6. The fourth-order valence-electron chi connectivity index (χ4n) is 0.893. The lowest BCUT2D eigenvalue weighted by Gasteiger charge is -2.04. The summed E-state index contributed by atoms with van der Waals surface area (Å²) in [5.41, 5.74) is 0.705. The van der Waals surface area contributed by atoms with Gasteiger partial charge in [0.15, 0.2) is 11.6 Å². The van der Waals surface area contributed by atoms with Gasteiger partial charge in [0, 0.05) is 6.54 Å². The molecule has 4 heteroatoms. The van der Waals surface area contributed by atoms with Gasteiger partial charge in [-0.1, -0.05) is 6.07 Å². The Balaban J connectivity index is 3.08. The molecule has 0 aliphatic rings. The predicted octanol–water partition coefficient (Wildman–Crippen LogP) is 2.45. The molecule has 0 atom stereocenters. The van der Waals surface area contributed by atoms with Crippen LogP contribution in [0.25, 0.3) is 0 Å². The molecule has 0 heterocycles. The Kier molecular flexibility index (Phi) is 3.17. The predicted molar refractivity (Wildman–Crippen MR) is 46.8 cm³/mol. The minimum Gasteiger partial charge on any atom is -0.316 e. The second kappa shape index (κ2) is 3.96. The molecule has 0 aliphatic heterocycles. The molecule has 0 saturated carbocycles. The van der Waals surface area contributed by atoms with Crippen LogP contribution in [0.4, 0.5) is 8.78 Å². The van der Waals surface area contributed by atoms with Crippen LogP contribution in [-0.4, -0.2) is 7.05 Å². The highest BCUT2D eigenvalue weighted by Gasteiger charge is 2.09. The molecule has 0 fully saturated rings. The Morgan fingerprint density at radius 2 is 2.08 bits per heavy atom. The van der Waals surface area contributed by atoms with E-state index >= 15 is 0 Å². The van der Waals surface area contributed by atoms with Gasteiger partial charge in [-0.05, 0) is 34.6 Å². The van der Waals surface area contributed by atoms with Crippen LogP contribution in [0.3, 0.4) is 0 Å². The first-order chi connectivity index (χ1) is 5.66. The van der Waals surface area contributed by atoms with Crippen molar-refractivity contribution in [2.75, 3.05) is 7.05 Å². The van der Waals surface area contributed by atoms with Gasteiger partial charge in [-0.15, -0.1) is 0 Å². The Morgan fingerprint density at radius 3 is 2.67 bits per heavy atom. The molecule has 0 bridgehead atoms. The number of hydrogen-bond acceptors (Lipinski definition) is 1. The van der Waals surface area contributed by atoms with Crippen molar-refractivity contribution in [1.29, 1.82) is 0 Å². The van der Waals surface area contributed by atoms with Crippen LogP contribution in [0.5, 0.6) is 0 Å². The Labute approximate surface area is 77.9 Å². The van der Waals surface area contributed by atoms with E-state index < -0.39 is 11.6 Å². The molecule has 0 radical (unpaired) electrons. The molecule has 1 aromatic carbocycles. The zero-order chi connectivity index (χ0) is 9.14. The zero-order valence-electron chi connectivity index (χ0n) is 6.50. The van der Waals surface area contributed by atoms with Gasteiger partial charge >= 0.3 is 0 Å². The highest BCUT2D eigenvalue weighted by atomic mass is 79.9. The monoisotopic (exact) mass is 235 g/mol. The van der Waals surface area contributed by atoms with E-state index in [4.69, 9.17) is 0 Å². The van der Waals surface area contributed by atoms with Crippen molar-refractivity contribution >= 4 is 15.9 Å². The van der Waals surface area contributed by atoms with Crippen molar-refractivity contribution in [3.05, 3.63) is 33.8 Å². The quantitative estimate of drug-likeness (QED) is 0.777. The van der Waals surface area contributed by atoms with Crippen molar-refractivity contribution in [3.63, 3.8) is 0 Å². The zero-order valence-corrected chi connectivity index (χ0v) is 8.08. The minimum absolute atomic E-state index is 0.192. The maximum atomic E-state index is 12.9. The summed E-state index contributed by atoms with van der Waals surface area (Å²) in [5, 5.41) is 2.85. The van der Waals surface area contributed by atoms with Gasteiger partial charge in [-0.2, -0.15) is 0 Å². The van der Waals surface area contributed by atoms with Gasteiger partial charge < -0.3 is 5.32 Å². The van der Waals surface area contributed by atoms with Crippen molar-refractivity contribution < 1.29 is 8.78 Å². The van der Waals surface area contributed by atoms with Gasteiger partial charge in [-0.25, -0.2) is 8.78 Å². The van der Waals surface area contributed by atoms with Crippen LogP contribution >= 0.6 is 15.9 Å². The third kappa shape index (κ3) is 1.81. The summed E-state index contributed by atoms with van der Waals surface area (Å²) in [7, 11) is 1.74. The molecule has 0 aromatic heterocycles. The molecular formula is C8H8BrF2N. The summed E-state index contributed by atoms with van der Waals surface area (Å²) in [6.07, 6.45) is 0. The third-order valence-corrected chi connectivity index (χ3v) is 2.34. The minimum atomic E-state index is -0.832. The van der Waals surface area contributed by atoms with Crippen molar-refractivity contribution in [3.8, 4) is 0 Å². The topological polar surface area (TPSA) is 12.0 Å². The number of nitrogens with one attached hydrogen (secondary N) is 1. The Hall–Kier alpha value is -0.480. The average molecular weight is 236 g/mol. The van der Waals surface area contributed by atoms with E-state index in [9.17, 15) is 8.78 Å². The maximum Gasteiger partial charge on any atom is 0.173 e. The lowest BCUT2D eigenvalue weighted by atomic mass is 10.2. The first-order valence-corrected chi connectivity index (χ1v) is 4.23. The fraction of sp³-hybridized carbons (Fsp3) is 0.250. The highest BCUT2D eigenvalue weighted by molar-refractivity contribution is 9.10. The molecule has 0 aliphatic carbocycles. The molecule has 0 amide bonds. The van der Waals surface area contributed by atoms with E-state index in [1.165, 1.54) is 0 Å². The molecule has 0 unspecified atom stereocenters. The second-order valence-electron chi connectivity index (χ2n) is 2.36. The summed E-state index contributed by atoms with van der Waals surface area (Å²) in [4.78, 5) is 0. The Morgan fingerprint density at radius 1 is 1.42 bits per heavy atom. The maximum absolute atomic E-state index is 12.9. The number of halogens is 3. The molecule has 0 spiro atoms. The molecule has 1 aromatic rings.